The summed E-state index contributed by atoms with van der Waals surface area (Å²) in [6, 6.07) is 5.81. The summed E-state index contributed by atoms with van der Waals surface area (Å²) < 4.78 is 5.41. The van der Waals surface area contributed by atoms with Crippen molar-refractivity contribution < 1.29 is 9.53 Å². The third-order valence-electron chi connectivity index (χ3n) is 3.45. The fourth-order valence-corrected chi connectivity index (χ4v) is 2.41. The van der Waals surface area contributed by atoms with Gasteiger partial charge in [0.2, 0.25) is 0 Å². The Hall–Kier alpha value is -2.29. The van der Waals surface area contributed by atoms with Gasteiger partial charge in [-0.15, -0.1) is 0 Å². The number of rotatable bonds is 1. The van der Waals surface area contributed by atoms with E-state index in [2.05, 4.69) is 22.9 Å². The van der Waals surface area contributed by atoms with Crippen molar-refractivity contribution in [2.75, 3.05) is 24.5 Å². The number of hydrogen-bond donors (Lipinski definition) is 0. The van der Waals surface area contributed by atoms with E-state index in [9.17, 15) is 4.79 Å². The number of nitrogens with zero attached hydrogens (tertiary/aromatic N) is 4. The molecule has 22 heavy (non-hydrogen) atoms. The van der Waals surface area contributed by atoms with Crippen LogP contribution in [0, 0.1) is 11.3 Å². The molecule has 1 aromatic rings. The second kappa shape index (κ2) is 6.22. The second-order valence-corrected chi connectivity index (χ2v) is 6.49. The Morgan fingerprint density at radius 1 is 1.41 bits per heavy atom. The second-order valence-electron chi connectivity index (χ2n) is 6.49. The van der Waals surface area contributed by atoms with Crippen molar-refractivity contribution in [3.8, 4) is 6.07 Å². The van der Waals surface area contributed by atoms with E-state index in [1.165, 1.54) is 0 Å². The zero-order valence-corrected chi connectivity index (χ0v) is 13.5. The van der Waals surface area contributed by atoms with Crippen LogP contribution in [-0.2, 0) is 4.74 Å². The molecule has 1 aromatic heterocycles. The highest BCUT2D eigenvalue weighted by molar-refractivity contribution is 5.68. The van der Waals surface area contributed by atoms with Crippen LogP contribution in [0.4, 0.5) is 10.6 Å². The Kier molecular flexibility index (Phi) is 4.55. The van der Waals surface area contributed by atoms with E-state index in [-0.39, 0.29) is 12.1 Å². The number of carbonyl (C=O) groups excluding carboxylic acids is 1. The Morgan fingerprint density at radius 2 is 2.14 bits per heavy atom. The van der Waals surface area contributed by atoms with Gasteiger partial charge in [-0.3, -0.25) is 0 Å². The van der Waals surface area contributed by atoms with Crippen LogP contribution in [0.25, 0.3) is 0 Å². The summed E-state index contributed by atoms with van der Waals surface area (Å²) in [5.41, 5.74) is 0.0652. The van der Waals surface area contributed by atoms with Crippen molar-refractivity contribution in [2.24, 2.45) is 0 Å². The maximum atomic E-state index is 12.1. The first-order chi connectivity index (χ1) is 10.3. The first-order valence-corrected chi connectivity index (χ1v) is 7.41. The summed E-state index contributed by atoms with van der Waals surface area (Å²) >= 11 is 0. The van der Waals surface area contributed by atoms with Crippen LogP contribution in [-0.4, -0.2) is 47.3 Å². The van der Waals surface area contributed by atoms with Gasteiger partial charge in [-0.2, -0.15) is 5.26 Å². The van der Waals surface area contributed by atoms with E-state index in [1.807, 2.05) is 26.8 Å². The van der Waals surface area contributed by atoms with Crippen LogP contribution in [0.15, 0.2) is 18.3 Å². The van der Waals surface area contributed by atoms with Gasteiger partial charge >= 0.3 is 6.09 Å². The third kappa shape index (κ3) is 3.88. The number of anilines is 1. The zero-order valence-electron chi connectivity index (χ0n) is 13.5. The number of hydrogen-bond acceptors (Lipinski definition) is 5. The van der Waals surface area contributed by atoms with E-state index in [0.717, 1.165) is 5.82 Å². The van der Waals surface area contributed by atoms with Crippen molar-refractivity contribution in [2.45, 2.75) is 39.3 Å². The van der Waals surface area contributed by atoms with Crippen LogP contribution in [0.2, 0.25) is 0 Å². The fraction of sp³-hybridized carbons (Fsp3) is 0.562. The first kappa shape index (κ1) is 16.1. The molecule has 0 unspecified atom stereocenters. The molecule has 0 bridgehead atoms. The fourth-order valence-electron chi connectivity index (χ4n) is 2.41. The Bertz CT molecular complexity index is 571. The van der Waals surface area contributed by atoms with E-state index in [4.69, 9.17) is 10.00 Å². The number of aromatic nitrogens is 1. The molecule has 2 rings (SSSR count). The predicted molar refractivity (Wildman–Crippen MR) is 83.6 cm³/mol. The summed E-state index contributed by atoms with van der Waals surface area (Å²) in [7, 11) is 0. The highest BCUT2D eigenvalue weighted by Crippen LogP contribution is 2.20. The van der Waals surface area contributed by atoms with E-state index >= 15 is 0 Å². The summed E-state index contributed by atoms with van der Waals surface area (Å²) in [6.07, 6.45) is 1.30. The molecule has 0 saturated carbocycles. The molecule has 0 N–H and O–H groups in total. The molecule has 0 aromatic carbocycles. The smallest absolute Gasteiger partial charge is 0.410 e. The maximum Gasteiger partial charge on any atom is 0.410 e. The van der Waals surface area contributed by atoms with E-state index in [0.29, 0.717) is 25.2 Å². The predicted octanol–water partition coefficient (Wildman–Crippen LogP) is 2.40. The zero-order chi connectivity index (χ0) is 16.3. The molecular formula is C16H22N4O2. The lowest BCUT2D eigenvalue weighted by Crippen LogP contribution is -2.54. The molecule has 1 saturated heterocycles. The average molecular weight is 302 g/mol. The lowest BCUT2D eigenvalue weighted by Gasteiger charge is -2.40. The molecule has 1 atom stereocenters. The Morgan fingerprint density at radius 3 is 2.64 bits per heavy atom. The number of carbonyl (C=O) groups is 1. The maximum absolute atomic E-state index is 12.1. The summed E-state index contributed by atoms with van der Waals surface area (Å²) in [6.45, 7) is 9.54. The number of nitriles is 1. The molecular weight excluding hydrogens is 280 g/mol. The van der Waals surface area contributed by atoms with Crippen molar-refractivity contribution in [1.29, 1.82) is 5.26 Å². The minimum absolute atomic E-state index is 0.140. The highest BCUT2D eigenvalue weighted by Gasteiger charge is 2.30. The monoisotopic (exact) mass is 302 g/mol. The summed E-state index contributed by atoms with van der Waals surface area (Å²) in [5.74, 6) is 0.829. The number of piperazine rings is 1. The molecule has 6 nitrogen and oxygen atoms in total. The lowest BCUT2D eigenvalue weighted by atomic mass is 10.2. The number of ether oxygens (including phenoxy) is 1. The molecule has 6 heteroatoms. The van der Waals surface area contributed by atoms with Crippen LogP contribution in [0.5, 0.6) is 0 Å². The van der Waals surface area contributed by atoms with Crippen molar-refractivity contribution in [3.63, 3.8) is 0 Å². The third-order valence-corrected chi connectivity index (χ3v) is 3.45. The molecule has 1 amide bonds. The molecule has 1 aliphatic rings. The minimum Gasteiger partial charge on any atom is -0.444 e. The summed E-state index contributed by atoms with van der Waals surface area (Å²) in [4.78, 5) is 20.3. The molecule has 2 heterocycles. The van der Waals surface area contributed by atoms with Crippen LogP contribution >= 0.6 is 0 Å². The number of amides is 1. The molecule has 0 aliphatic carbocycles. The lowest BCUT2D eigenvalue weighted by molar-refractivity contribution is 0.0218. The molecule has 118 valence electrons. The van der Waals surface area contributed by atoms with Crippen molar-refractivity contribution in [1.82, 2.24) is 9.88 Å². The molecule has 1 aliphatic heterocycles. The van der Waals surface area contributed by atoms with Gasteiger partial charge < -0.3 is 14.5 Å². The molecule has 1 fully saturated rings. The van der Waals surface area contributed by atoms with Crippen molar-refractivity contribution in [3.05, 3.63) is 23.9 Å². The van der Waals surface area contributed by atoms with Crippen molar-refractivity contribution >= 4 is 11.9 Å². The molecule has 0 spiro atoms. The quantitative estimate of drug-likeness (QED) is 0.796. The van der Waals surface area contributed by atoms with Gasteiger partial charge in [-0.1, -0.05) is 0 Å². The van der Waals surface area contributed by atoms with Crippen LogP contribution in [0.1, 0.15) is 33.3 Å². The van der Waals surface area contributed by atoms with Gasteiger partial charge in [0, 0.05) is 31.9 Å². The standard InChI is InChI=1S/C16H22N4O2/c1-12-11-19(15(21)22-16(2,3)4)7-8-20(12)14-6-5-13(9-17)10-18-14/h5-6,10,12H,7-8,11H2,1-4H3/t12-/m0/s1. The van der Waals surface area contributed by atoms with Gasteiger partial charge in [-0.05, 0) is 39.8 Å². The topological polar surface area (TPSA) is 69.5 Å². The van der Waals surface area contributed by atoms with Crippen LogP contribution < -0.4 is 4.90 Å². The van der Waals surface area contributed by atoms with E-state index < -0.39 is 5.60 Å². The van der Waals surface area contributed by atoms with Gasteiger partial charge in [-0.25, -0.2) is 9.78 Å². The normalized spacial score (nSPS) is 18.8. The van der Waals surface area contributed by atoms with Gasteiger partial charge in [0.1, 0.15) is 17.5 Å². The average Bonchev–Trinajstić information content (AvgIpc) is 2.45. The first-order valence-electron chi connectivity index (χ1n) is 7.41. The highest BCUT2D eigenvalue weighted by atomic mass is 16.6. The Labute approximate surface area is 131 Å². The largest absolute Gasteiger partial charge is 0.444 e. The van der Waals surface area contributed by atoms with E-state index in [1.54, 1.807) is 17.2 Å². The van der Waals surface area contributed by atoms with Gasteiger partial charge in [0.25, 0.3) is 0 Å². The summed E-state index contributed by atoms with van der Waals surface area (Å²) in [5, 5.41) is 8.82. The van der Waals surface area contributed by atoms with Crippen LogP contribution in [0.3, 0.4) is 0 Å². The molecule has 0 radical (unpaired) electrons. The SMILES string of the molecule is C[C@H]1CN(C(=O)OC(C)(C)C)CCN1c1ccc(C#N)cn1. The minimum atomic E-state index is -0.480. The van der Waals surface area contributed by atoms with Gasteiger partial charge in [0.05, 0.1) is 5.56 Å². The number of pyridine rings is 1. The van der Waals surface area contributed by atoms with Gasteiger partial charge in [0.15, 0.2) is 0 Å². The Balaban J connectivity index is 2.00.